The number of benzene rings is 2. The zero-order valence-electron chi connectivity index (χ0n) is 11.4. The number of rotatable bonds is 6. The maximum Gasteiger partial charge on any atom is 0.227 e. The highest BCUT2D eigenvalue weighted by atomic mass is 32.2. The van der Waals surface area contributed by atoms with Crippen LogP contribution in [0.2, 0.25) is 0 Å². The van der Waals surface area contributed by atoms with Crippen LogP contribution in [-0.2, 0) is 11.3 Å². The minimum absolute atomic E-state index is 0.253. The van der Waals surface area contributed by atoms with E-state index in [4.69, 9.17) is 11.0 Å². The maximum atomic E-state index is 10.9. The average molecular weight is 297 g/mol. The van der Waals surface area contributed by atoms with Gasteiger partial charge in [-0.1, -0.05) is 24.3 Å². The Hall–Kier alpha value is -2.45. The molecule has 2 aromatic rings. The van der Waals surface area contributed by atoms with Crippen LogP contribution in [0.5, 0.6) is 0 Å². The first kappa shape index (κ1) is 14.9. The fraction of sp³-hybridized carbons (Fsp3) is 0.125. The molecule has 0 heterocycles. The van der Waals surface area contributed by atoms with E-state index in [9.17, 15) is 4.79 Å². The SMILES string of the molecule is N#Cc1cccc(CNc2ccccc2SCC(N)=O)c1. The molecule has 2 aromatic carbocycles. The summed E-state index contributed by atoms with van der Waals surface area (Å²) in [6.45, 7) is 0.615. The first-order valence-corrected chi connectivity index (χ1v) is 7.40. The Morgan fingerprint density at radius 1 is 1.24 bits per heavy atom. The molecule has 0 unspecified atom stereocenters. The topological polar surface area (TPSA) is 78.9 Å². The van der Waals surface area contributed by atoms with Crippen molar-refractivity contribution >= 4 is 23.4 Å². The predicted molar refractivity (Wildman–Crippen MR) is 84.8 cm³/mol. The monoisotopic (exact) mass is 297 g/mol. The van der Waals surface area contributed by atoms with Gasteiger partial charge >= 0.3 is 0 Å². The van der Waals surface area contributed by atoms with Crippen LogP contribution in [-0.4, -0.2) is 11.7 Å². The van der Waals surface area contributed by atoms with Gasteiger partial charge in [-0.2, -0.15) is 5.26 Å². The number of carbonyl (C=O) groups is 1. The Balaban J connectivity index is 2.05. The van der Waals surface area contributed by atoms with Gasteiger partial charge in [0.2, 0.25) is 5.91 Å². The minimum Gasteiger partial charge on any atom is -0.380 e. The lowest BCUT2D eigenvalue weighted by Gasteiger charge is -2.11. The van der Waals surface area contributed by atoms with Crippen molar-refractivity contribution in [3.05, 3.63) is 59.7 Å². The summed E-state index contributed by atoms with van der Waals surface area (Å²) in [7, 11) is 0. The predicted octanol–water partition coefficient (Wildman–Crippen LogP) is 2.75. The highest BCUT2D eigenvalue weighted by molar-refractivity contribution is 8.00. The van der Waals surface area contributed by atoms with Crippen LogP contribution in [0.15, 0.2) is 53.4 Å². The third-order valence-corrected chi connectivity index (χ3v) is 3.89. The molecule has 0 aromatic heterocycles. The van der Waals surface area contributed by atoms with Gasteiger partial charge in [0.25, 0.3) is 0 Å². The van der Waals surface area contributed by atoms with Crippen molar-refractivity contribution in [2.45, 2.75) is 11.4 Å². The number of amides is 1. The number of nitrogens with zero attached hydrogens (tertiary/aromatic N) is 1. The molecule has 0 aliphatic rings. The van der Waals surface area contributed by atoms with Crippen LogP contribution in [0.1, 0.15) is 11.1 Å². The Morgan fingerprint density at radius 2 is 2.05 bits per heavy atom. The number of thioether (sulfide) groups is 1. The summed E-state index contributed by atoms with van der Waals surface area (Å²) in [5.74, 6) is -0.0840. The minimum atomic E-state index is -0.337. The van der Waals surface area contributed by atoms with Gasteiger partial charge in [0.1, 0.15) is 0 Å². The summed E-state index contributed by atoms with van der Waals surface area (Å²) in [5, 5.41) is 12.2. The second-order valence-corrected chi connectivity index (χ2v) is 5.43. The van der Waals surface area contributed by atoms with Crippen LogP contribution in [0.25, 0.3) is 0 Å². The molecule has 0 radical (unpaired) electrons. The number of nitrogens with two attached hydrogens (primary N) is 1. The molecule has 2 rings (SSSR count). The van der Waals surface area contributed by atoms with Crippen molar-refractivity contribution in [2.24, 2.45) is 5.73 Å². The van der Waals surface area contributed by atoms with E-state index in [1.807, 2.05) is 42.5 Å². The number of nitriles is 1. The molecule has 0 atom stereocenters. The maximum absolute atomic E-state index is 10.9. The van der Waals surface area contributed by atoms with E-state index in [2.05, 4.69) is 11.4 Å². The van der Waals surface area contributed by atoms with E-state index in [1.165, 1.54) is 11.8 Å². The van der Waals surface area contributed by atoms with Crippen molar-refractivity contribution in [1.82, 2.24) is 0 Å². The normalized spacial score (nSPS) is 9.86. The smallest absolute Gasteiger partial charge is 0.227 e. The Bertz CT molecular complexity index is 679. The molecular weight excluding hydrogens is 282 g/mol. The fourth-order valence-corrected chi connectivity index (χ4v) is 2.60. The van der Waals surface area contributed by atoms with Gasteiger partial charge in [0.05, 0.1) is 17.4 Å². The number of nitrogens with one attached hydrogen (secondary N) is 1. The molecule has 0 saturated carbocycles. The molecule has 3 N–H and O–H groups in total. The van der Waals surface area contributed by atoms with Crippen LogP contribution in [0.3, 0.4) is 0 Å². The van der Waals surface area contributed by atoms with Gasteiger partial charge in [-0.05, 0) is 29.8 Å². The first-order valence-electron chi connectivity index (χ1n) is 6.42. The summed E-state index contributed by atoms with van der Waals surface area (Å²) in [6.07, 6.45) is 0. The number of hydrogen-bond acceptors (Lipinski definition) is 4. The Labute approximate surface area is 128 Å². The van der Waals surface area contributed by atoms with Crippen LogP contribution in [0.4, 0.5) is 5.69 Å². The number of primary amides is 1. The third-order valence-electron chi connectivity index (χ3n) is 2.80. The van der Waals surface area contributed by atoms with E-state index < -0.39 is 0 Å². The van der Waals surface area contributed by atoms with E-state index in [0.717, 1.165) is 16.1 Å². The van der Waals surface area contributed by atoms with E-state index in [0.29, 0.717) is 12.1 Å². The molecule has 0 spiro atoms. The number of anilines is 1. The van der Waals surface area contributed by atoms with Gasteiger partial charge in [-0.3, -0.25) is 4.79 Å². The lowest BCUT2D eigenvalue weighted by atomic mass is 10.1. The van der Waals surface area contributed by atoms with Gasteiger partial charge in [-0.25, -0.2) is 0 Å². The Morgan fingerprint density at radius 3 is 2.81 bits per heavy atom. The van der Waals surface area contributed by atoms with Crippen molar-refractivity contribution in [1.29, 1.82) is 5.26 Å². The molecule has 1 amide bonds. The summed E-state index contributed by atoms with van der Waals surface area (Å²) in [4.78, 5) is 11.9. The largest absolute Gasteiger partial charge is 0.380 e. The van der Waals surface area contributed by atoms with Crippen LogP contribution >= 0.6 is 11.8 Å². The highest BCUT2D eigenvalue weighted by Gasteiger charge is 2.04. The van der Waals surface area contributed by atoms with Crippen molar-refractivity contribution in [2.75, 3.05) is 11.1 Å². The van der Waals surface area contributed by atoms with Crippen LogP contribution in [0, 0.1) is 11.3 Å². The molecule has 0 aliphatic heterocycles. The molecule has 0 fully saturated rings. The summed E-state index contributed by atoms with van der Waals surface area (Å²) in [5.41, 5.74) is 7.80. The molecular formula is C16H15N3OS. The molecule has 0 saturated heterocycles. The van der Waals surface area contributed by atoms with E-state index in [1.54, 1.807) is 6.07 Å². The molecule has 4 nitrogen and oxygen atoms in total. The second kappa shape index (κ2) is 7.36. The van der Waals surface area contributed by atoms with Crippen molar-refractivity contribution in [3.8, 4) is 6.07 Å². The van der Waals surface area contributed by atoms with Crippen molar-refractivity contribution < 1.29 is 4.79 Å². The second-order valence-electron chi connectivity index (χ2n) is 4.42. The van der Waals surface area contributed by atoms with Gasteiger partial charge < -0.3 is 11.1 Å². The average Bonchev–Trinajstić information content (AvgIpc) is 2.52. The van der Waals surface area contributed by atoms with Crippen molar-refractivity contribution in [3.63, 3.8) is 0 Å². The molecule has 0 bridgehead atoms. The standard InChI is InChI=1S/C16H15N3OS/c17-9-12-4-3-5-13(8-12)10-19-14-6-1-2-7-15(14)21-11-16(18)20/h1-8,19H,10-11H2,(H2,18,20). The van der Waals surface area contributed by atoms with E-state index in [-0.39, 0.29) is 11.7 Å². The third kappa shape index (κ3) is 4.55. The van der Waals surface area contributed by atoms with Gasteiger partial charge in [0.15, 0.2) is 0 Å². The van der Waals surface area contributed by atoms with Gasteiger partial charge in [-0.15, -0.1) is 11.8 Å². The molecule has 21 heavy (non-hydrogen) atoms. The number of carbonyl (C=O) groups excluding carboxylic acids is 1. The van der Waals surface area contributed by atoms with Gasteiger partial charge in [0, 0.05) is 17.1 Å². The summed E-state index contributed by atoms with van der Waals surface area (Å²) >= 11 is 1.41. The lowest BCUT2D eigenvalue weighted by Crippen LogP contribution is -2.13. The molecule has 106 valence electrons. The lowest BCUT2D eigenvalue weighted by molar-refractivity contribution is -0.115. The van der Waals surface area contributed by atoms with E-state index >= 15 is 0 Å². The zero-order valence-corrected chi connectivity index (χ0v) is 12.2. The fourth-order valence-electron chi connectivity index (χ4n) is 1.84. The number of hydrogen-bond donors (Lipinski definition) is 2. The molecule has 5 heteroatoms. The zero-order chi connectivity index (χ0) is 15.1. The summed E-state index contributed by atoms with van der Waals surface area (Å²) < 4.78 is 0. The Kier molecular flexibility index (Phi) is 5.24. The molecule has 0 aliphatic carbocycles. The first-order chi connectivity index (χ1) is 10.2. The van der Waals surface area contributed by atoms with Crippen LogP contribution < -0.4 is 11.1 Å². The summed E-state index contributed by atoms with van der Waals surface area (Å²) in [6, 6.07) is 17.3. The highest BCUT2D eigenvalue weighted by Crippen LogP contribution is 2.27. The number of para-hydroxylation sites is 1. The quantitative estimate of drug-likeness (QED) is 0.804.